The lowest BCUT2D eigenvalue weighted by Crippen LogP contribution is -2.24. The fourth-order valence-corrected chi connectivity index (χ4v) is 2.58. The molecule has 1 aromatic carbocycles. The van der Waals surface area contributed by atoms with Gasteiger partial charge in [0.25, 0.3) is 0 Å². The minimum absolute atomic E-state index is 0.184. The van der Waals surface area contributed by atoms with Gasteiger partial charge in [0.05, 0.1) is 16.3 Å². The fraction of sp³-hybridized carbons (Fsp3) is 0.500. The van der Waals surface area contributed by atoms with Gasteiger partial charge in [0.15, 0.2) is 0 Å². The summed E-state index contributed by atoms with van der Waals surface area (Å²) >= 11 is 0. The monoisotopic (exact) mass is 271 g/mol. The van der Waals surface area contributed by atoms with E-state index in [1.807, 2.05) is 11.9 Å². The van der Waals surface area contributed by atoms with Crippen LogP contribution in [0.4, 0.5) is 11.4 Å². The molecule has 0 radical (unpaired) electrons. The van der Waals surface area contributed by atoms with Crippen LogP contribution in [0.5, 0.6) is 0 Å². The van der Waals surface area contributed by atoms with Crippen molar-refractivity contribution in [3.05, 3.63) is 18.2 Å². The summed E-state index contributed by atoms with van der Waals surface area (Å²) in [5.74, 6) is 0.509. The molecule has 5 nitrogen and oxygen atoms in total. The molecule has 102 valence electrons. The molecule has 0 unspecified atom stereocenters. The van der Waals surface area contributed by atoms with Gasteiger partial charge < -0.3 is 10.6 Å². The van der Waals surface area contributed by atoms with Gasteiger partial charge in [-0.3, -0.25) is 0 Å². The summed E-state index contributed by atoms with van der Waals surface area (Å²) in [6, 6.07) is 4.79. The summed E-state index contributed by atoms with van der Waals surface area (Å²) in [6.07, 6.45) is 0. The Kier molecular flexibility index (Phi) is 4.59. The SMILES string of the molecule is CNS(=O)(=O)c1ccc(N(C)CC(C)C)c(N)c1. The molecule has 0 saturated carbocycles. The summed E-state index contributed by atoms with van der Waals surface area (Å²) in [7, 11) is -0.113. The molecule has 0 amide bonds. The molecule has 0 atom stereocenters. The third-order valence-corrected chi connectivity index (χ3v) is 4.04. The second kappa shape index (κ2) is 5.58. The van der Waals surface area contributed by atoms with Crippen molar-refractivity contribution in [2.45, 2.75) is 18.7 Å². The molecule has 0 aromatic heterocycles. The van der Waals surface area contributed by atoms with Gasteiger partial charge >= 0.3 is 0 Å². The van der Waals surface area contributed by atoms with Crippen molar-refractivity contribution < 1.29 is 8.42 Å². The van der Waals surface area contributed by atoms with E-state index >= 15 is 0 Å². The standard InChI is InChI=1S/C12H21N3O2S/c1-9(2)8-15(4)12-6-5-10(7-11(12)13)18(16,17)14-3/h5-7,9,14H,8,13H2,1-4H3. The average molecular weight is 271 g/mol. The lowest BCUT2D eigenvalue weighted by molar-refractivity contribution is 0.588. The first-order chi connectivity index (χ1) is 8.27. The number of nitrogens with one attached hydrogen (secondary N) is 1. The molecule has 0 aliphatic carbocycles. The predicted molar refractivity (Wildman–Crippen MR) is 75.2 cm³/mol. The number of rotatable bonds is 5. The van der Waals surface area contributed by atoms with Gasteiger partial charge in [-0.1, -0.05) is 13.8 Å². The minimum Gasteiger partial charge on any atom is -0.397 e. The predicted octanol–water partition coefficient (Wildman–Crippen LogP) is 1.27. The molecule has 0 bridgehead atoms. The highest BCUT2D eigenvalue weighted by Crippen LogP contribution is 2.25. The van der Waals surface area contributed by atoms with E-state index in [0.717, 1.165) is 12.2 Å². The molecule has 1 rings (SSSR count). The van der Waals surface area contributed by atoms with Gasteiger partial charge in [0, 0.05) is 13.6 Å². The summed E-state index contributed by atoms with van der Waals surface area (Å²) in [4.78, 5) is 2.21. The van der Waals surface area contributed by atoms with Gasteiger partial charge in [-0.15, -0.1) is 0 Å². The van der Waals surface area contributed by atoms with Gasteiger partial charge in [-0.25, -0.2) is 13.1 Å². The molecular formula is C12H21N3O2S. The molecule has 0 aliphatic rings. The minimum atomic E-state index is -3.43. The average Bonchev–Trinajstić information content (AvgIpc) is 2.27. The van der Waals surface area contributed by atoms with E-state index in [2.05, 4.69) is 18.6 Å². The van der Waals surface area contributed by atoms with Gasteiger partial charge in [-0.2, -0.15) is 0 Å². The molecular weight excluding hydrogens is 250 g/mol. The van der Waals surface area contributed by atoms with Crippen LogP contribution in [0.2, 0.25) is 0 Å². The van der Waals surface area contributed by atoms with Crippen LogP contribution in [-0.4, -0.2) is 29.1 Å². The lowest BCUT2D eigenvalue weighted by Gasteiger charge is -2.23. The Morgan fingerprint density at radius 3 is 2.44 bits per heavy atom. The Morgan fingerprint density at radius 2 is 2.00 bits per heavy atom. The zero-order valence-corrected chi connectivity index (χ0v) is 12.1. The number of nitrogens with zero attached hydrogens (tertiary/aromatic N) is 1. The fourth-order valence-electron chi connectivity index (χ4n) is 1.81. The van der Waals surface area contributed by atoms with Gasteiger partial charge in [0.2, 0.25) is 10.0 Å². The summed E-state index contributed by atoms with van der Waals surface area (Å²) in [5.41, 5.74) is 7.23. The second-order valence-corrected chi connectivity index (χ2v) is 6.59. The molecule has 0 aliphatic heterocycles. The van der Waals surface area contributed by atoms with Gasteiger partial charge in [-0.05, 0) is 31.2 Å². The molecule has 18 heavy (non-hydrogen) atoms. The van der Waals surface area contributed by atoms with Crippen molar-refractivity contribution in [1.82, 2.24) is 4.72 Å². The number of benzene rings is 1. The number of nitrogens with two attached hydrogens (primary N) is 1. The Labute approximate surface area is 109 Å². The van der Waals surface area contributed by atoms with E-state index in [1.165, 1.54) is 13.1 Å². The van der Waals surface area contributed by atoms with Gasteiger partial charge in [0.1, 0.15) is 0 Å². The maximum atomic E-state index is 11.6. The Bertz CT molecular complexity index is 512. The highest BCUT2D eigenvalue weighted by Gasteiger charge is 2.14. The Hall–Kier alpha value is -1.27. The van der Waals surface area contributed by atoms with Crippen molar-refractivity contribution in [2.75, 3.05) is 31.3 Å². The number of sulfonamides is 1. The smallest absolute Gasteiger partial charge is 0.240 e. The molecule has 6 heteroatoms. The van der Waals surface area contributed by atoms with Crippen molar-refractivity contribution in [3.8, 4) is 0 Å². The molecule has 0 saturated heterocycles. The largest absolute Gasteiger partial charge is 0.397 e. The van der Waals surface area contributed by atoms with Crippen LogP contribution in [-0.2, 0) is 10.0 Å². The first kappa shape index (κ1) is 14.8. The van der Waals surface area contributed by atoms with Crippen LogP contribution < -0.4 is 15.4 Å². The Balaban J connectivity index is 3.07. The maximum absolute atomic E-state index is 11.6. The molecule has 1 aromatic rings. The van der Waals surface area contributed by atoms with Crippen LogP contribution in [0.1, 0.15) is 13.8 Å². The molecule has 0 spiro atoms. The van der Waals surface area contributed by atoms with E-state index < -0.39 is 10.0 Å². The third kappa shape index (κ3) is 3.36. The van der Waals surface area contributed by atoms with Crippen LogP contribution in [0.15, 0.2) is 23.1 Å². The molecule has 0 heterocycles. The highest BCUT2D eigenvalue weighted by atomic mass is 32.2. The number of hydrogen-bond donors (Lipinski definition) is 2. The molecule has 3 N–H and O–H groups in total. The van der Waals surface area contributed by atoms with E-state index in [0.29, 0.717) is 11.6 Å². The zero-order valence-electron chi connectivity index (χ0n) is 11.3. The van der Waals surface area contributed by atoms with Crippen molar-refractivity contribution in [3.63, 3.8) is 0 Å². The summed E-state index contributed by atoms with van der Waals surface area (Å²) in [6.45, 7) is 5.10. The lowest BCUT2D eigenvalue weighted by atomic mass is 10.2. The quantitative estimate of drug-likeness (QED) is 0.791. The second-order valence-electron chi connectivity index (χ2n) is 4.70. The Morgan fingerprint density at radius 1 is 1.39 bits per heavy atom. The topological polar surface area (TPSA) is 75.4 Å². The number of nitrogen functional groups attached to an aromatic ring is 1. The molecule has 0 fully saturated rings. The zero-order chi connectivity index (χ0) is 13.9. The van der Waals surface area contributed by atoms with Crippen LogP contribution in [0.25, 0.3) is 0 Å². The van der Waals surface area contributed by atoms with Crippen molar-refractivity contribution >= 4 is 21.4 Å². The van der Waals surface area contributed by atoms with E-state index in [9.17, 15) is 8.42 Å². The summed E-state index contributed by atoms with van der Waals surface area (Å²) in [5, 5.41) is 0. The number of anilines is 2. The first-order valence-electron chi connectivity index (χ1n) is 5.82. The number of hydrogen-bond acceptors (Lipinski definition) is 4. The van der Waals surface area contributed by atoms with E-state index in [1.54, 1.807) is 12.1 Å². The van der Waals surface area contributed by atoms with Crippen LogP contribution in [0.3, 0.4) is 0 Å². The van der Waals surface area contributed by atoms with Crippen LogP contribution >= 0.6 is 0 Å². The van der Waals surface area contributed by atoms with E-state index in [4.69, 9.17) is 5.73 Å². The maximum Gasteiger partial charge on any atom is 0.240 e. The van der Waals surface area contributed by atoms with Crippen molar-refractivity contribution in [2.24, 2.45) is 5.92 Å². The normalized spacial score (nSPS) is 11.8. The third-order valence-electron chi connectivity index (χ3n) is 2.63. The highest BCUT2D eigenvalue weighted by molar-refractivity contribution is 7.89. The summed E-state index contributed by atoms with van der Waals surface area (Å²) < 4.78 is 25.5. The van der Waals surface area contributed by atoms with Crippen molar-refractivity contribution in [1.29, 1.82) is 0 Å². The van der Waals surface area contributed by atoms with E-state index in [-0.39, 0.29) is 4.90 Å². The van der Waals surface area contributed by atoms with Crippen LogP contribution in [0, 0.1) is 5.92 Å². The first-order valence-corrected chi connectivity index (χ1v) is 7.30.